The van der Waals surface area contributed by atoms with Crippen molar-refractivity contribution in [3.63, 3.8) is 0 Å². The predicted octanol–water partition coefficient (Wildman–Crippen LogP) is 0.0751. The van der Waals surface area contributed by atoms with Crippen molar-refractivity contribution < 1.29 is 9.59 Å². The van der Waals surface area contributed by atoms with Crippen molar-refractivity contribution in [3.8, 4) is 6.07 Å². The summed E-state index contributed by atoms with van der Waals surface area (Å²) in [5.41, 5.74) is 0. The van der Waals surface area contributed by atoms with Crippen LogP contribution in [-0.2, 0) is 9.59 Å². The number of hydrogen-bond acceptors (Lipinski definition) is 3. The van der Waals surface area contributed by atoms with Crippen LogP contribution >= 0.6 is 0 Å². The number of nitriles is 1. The molecule has 0 aromatic rings. The summed E-state index contributed by atoms with van der Waals surface area (Å²) in [4.78, 5) is 22.3. The summed E-state index contributed by atoms with van der Waals surface area (Å²) in [6, 6.07) is 1.69. The molecule has 1 heterocycles. The van der Waals surface area contributed by atoms with Gasteiger partial charge in [-0.3, -0.25) is 9.59 Å². The fourth-order valence-corrected chi connectivity index (χ4v) is 1.47. The highest BCUT2D eigenvalue weighted by Crippen LogP contribution is 2.06. The van der Waals surface area contributed by atoms with E-state index in [0.717, 1.165) is 12.8 Å². The monoisotopic (exact) mass is 209 g/mol. The van der Waals surface area contributed by atoms with Gasteiger partial charge in [0.25, 0.3) is 0 Å². The molecule has 82 valence electrons. The molecular weight excluding hydrogens is 194 g/mol. The summed E-state index contributed by atoms with van der Waals surface area (Å²) < 4.78 is 0. The highest BCUT2D eigenvalue weighted by molar-refractivity contribution is 5.90. The van der Waals surface area contributed by atoms with E-state index >= 15 is 0 Å². The number of carbonyl (C=O) groups is 2. The highest BCUT2D eigenvalue weighted by atomic mass is 16.2. The van der Waals surface area contributed by atoms with Crippen LogP contribution in [0.2, 0.25) is 0 Å². The van der Waals surface area contributed by atoms with Crippen molar-refractivity contribution in [1.82, 2.24) is 10.6 Å². The number of rotatable bonds is 5. The standard InChI is InChI=1S/C10H15N3O2/c11-6-2-1-3-7-12-10(15)8-4-5-9(14)13-8/h8H,1-5,7H2,(H,12,15)(H,13,14)/t8-/m0/s1. The Kier molecular flexibility index (Phi) is 4.61. The van der Waals surface area contributed by atoms with Crippen LogP contribution in [0.4, 0.5) is 0 Å². The third-order valence-electron chi connectivity index (χ3n) is 2.33. The second-order valence-corrected chi connectivity index (χ2v) is 3.57. The molecule has 0 unspecified atom stereocenters. The zero-order chi connectivity index (χ0) is 11.1. The fourth-order valence-electron chi connectivity index (χ4n) is 1.47. The summed E-state index contributed by atoms with van der Waals surface area (Å²) in [7, 11) is 0. The first kappa shape index (κ1) is 11.5. The molecule has 0 aromatic heterocycles. The molecule has 5 nitrogen and oxygen atoms in total. The minimum absolute atomic E-state index is 0.0559. The molecule has 2 N–H and O–H groups in total. The number of nitrogens with zero attached hydrogens (tertiary/aromatic N) is 1. The van der Waals surface area contributed by atoms with Gasteiger partial charge in [-0.1, -0.05) is 0 Å². The van der Waals surface area contributed by atoms with Gasteiger partial charge in [-0.25, -0.2) is 0 Å². The molecule has 1 rings (SSSR count). The average molecular weight is 209 g/mol. The molecule has 0 radical (unpaired) electrons. The number of hydrogen-bond donors (Lipinski definition) is 2. The first-order valence-corrected chi connectivity index (χ1v) is 5.18. The van der Waals surface area contributed by atoms with Crippen LogP contribution in [0.25, 0.3) is 0 Å². The van der Waals surface area contributed by atoms with Gasteiger partial charge in [0.05, 0.1) is 6.07 Å². The number of amides is 2. The fraction of sp³-hybridized carbons (Fsp3) is 0.700. The van der Waals surface area contributed by atoms with Crippen LogP contribution in [0.5, 0.6) is 0 Å². The van der Waals surface area contributed by atoms with E-state index in [1.54, 1.807) is 0 Å². The summed E-state index contributed by atoms with van der Waals surface area (Å²) in [6.07, 6.45) is 3.15. The number of nitrogens with one attached hydrogen (secondary N) is 2. The molecule has 0 bridgehead atoms. The minimum atomic E-state index is -0.353. The van der Waals surface area contributed by atoms with Crippen LogP contribution < -0.4 is 10.6 Å². The van der Waals surface area contributed by atoms with Gasteiger partial charge in [0, 0.05) is 19.4 Å². The van der Waals surface area contributed by atoms with Gasteiger partial charge < -0.3 is 10.6 Å². The van der Waals surface area contributed by atoms with Crippen LogP contribution in [-0.4, -0.2) is 24.4 Å². The molecule has 1 aliphatic rings. The van der Waals surface area contributed by atoms with E-state index in [1.807, 2.05) is 6.07 Å². The van der Waals surface area contributed by atoms with Gasteiger partial charge >= 0.3 is 0 Å². The van der Waals surface area contributed by atoms with Crippen molar-refractivity contribution in [2.45, 2.75) is 38.1 Å². The lowest BCUT2D eigenvalue weighted by atomic mass is 10.2. The molecule has 0 aromatic carbocycles. The summed E-state index contributed by atoms with van der Waals surface area (Å²) in [5, 5.41) is 13.6. The van der Waals surface area contributed by atoms with E-state index < -0.39 is 0 Å². The van der Waals surface area contributed by atoms with Crippen molar-refractivity contribution in [2.75, 3.05) is 6.54 Å². The largest absolute Gasteiger partial charge is 0.354 e. The van der Waals surface area contributed by atoms with Gasteiger partial charge in [0.15, 0.2) is 0 Å². The zero-order valence-corrected chi connectivity index (χ0v) is 8.58. The topological polar surface area (TPSA) is 82.0 Å². The normalized spacial score (nSPS) is 19.4. The third-order valence-corrected chi connectivity index (χ3v) is 2.33. The van der Waals surface area contributed by atoms with Crippen LogP contribution in [0, 0.1) is 11.3 Å². The lowest BCUT2D eigenvalue weighted by Crippen LogP contribution is -2.41. The SMILES string of the molecule is N#CCCCCNC(=O)[C@@H]1CCC(=O)N1. The Labute approximate surface area is 88.8 Å². The first-order chi connectivity index (χ1) is 7.24. The van der Waals surface area contributed by atoms with Crippen molar-refractivity contribution in [3.05, 3.63) is 0 Å². The molecular formula is C10H15N3O2. The molecule has 15 heavy (non-hydrogen) atoms. The Balaban J connectivity index is 2.09. The quantitative estimate of drug-likeness (QED) is 0.629. The van der Waals surface area contributed by atoms with Crippen molar-refractivity contribution >= 4 is 11.8 Å². The first-order valence-electron chi connectivity index (χ1n) is 5.18. The van der Waals surface area contributed by atoms with Crippen molar-refractivity contribution in [2.24, 2.45) is 0 Å². The van der Waals surface area contributed by atoms with Crippen molar-refractivity contribution in [1.29, 1.82) is 5.26 Å². The Morgan fingerprint density at radius 3 is 3.00 bits per heavy atom. The summed E-state index contributed by atoms with van der Waals surface area (Å²) in [5.74, 6) is -0.169. The maximum absolute atomic E-state index is 11.4. The highest BCUT2D eigenvalue weighted by Gasteiger charge is 2.26. The smallest absolute Gasteiger partial charge is 0.242 e. The molecule has 1 fully saturated rings. The molecule has 0 saturated carbocycles. The Bertz CT molecular complexity index is 283. The average Bonchev–Trinajstić information content (AvgIpc) is 2.64. The van der Waals surface area contributed by atoms with E-state index in [9.17, 15) is 9.59 Å². The summed E-state index contributed by atoms with van der Waals surface area (Å²) in [6.45, 7) is 0.576. The van der Waals surface area contributed by atoms with Crippen LogP contribution in [0.15, 0.2) is 0 Å². The second kappa shape index (κ2) is 6.02. The Morgan fingerprint density at radius 2 is 2.40 bits per heavy atom. The maximum atomic E-state index is 11.4. The molecule has 0 spiro atoms. The lowest BCUT2D eigenvalue weighted by Gasteiger charge is -2.10. The third kappa shape index (κ3) is 3.98. The van der Waals surface area contributed by atoms with Crippen LogP contribution in [0.3, 0.4) is 0 Å². The van der Waals surface area contributed by atoms with Gasteiger partial charge in [-0.15, -0.1) is 0 Å². The van der Waals surface area contributed by atoms with Crippen LogP contribution in [0.1, 0.15) is 32.1 Å². The number of carbonyl (C=O) groups excluding carboxylic acids is 2. The maximum Gasteiger partial charge on any atom is 0.242 e. The van der Waals surface area contributed by atoms with Gasteiger partial charge in [-0.05, 0) is 19.3 Å². The minimum Gasteiger partial charge on any atom is -0.354 e. The van der Waals surface area contributed by atoms with E-state index in [0.29, 0.717) is 25.8 Å². The van der Waals surface area contributed by atoms with Gasteiger partial charge in [-0.2, -0.15) is 5.26 Å². The van der Waals surface area contributed by atoms with E-state index in [1.165, 1.54) is 0 Å². The molecule has 1 saturated heterocycles. The van der Waals surface area contributed by atoms with E-state index in [4.69, 9.17) is 5.26 Å². The Hall–Kier alpha value is -1.57. The molecule has 1 aliphatic heterocycles. The Morgan fingerprint density at radius 1 is 1.60 bits per heavy atom. The van der Waals surface area contributed by atoms with E-state index in [2.05, 4.69) is 10.6 Å². The van der Waals surface area contributed by atoms with E-state index in [-0.39, 0.29) is 17.9 Å². The zero-order valence-electron chi connectivity index (χ0n) is 8.58. The lowest BCUT2D eigenvalue weighted by molar-refractivity contribution is -0.125. The van der Waals surface area contributed by atoms with Gasteiger partial charge in [0.1, 0.15) is 6.04 Å². The number of unbranched alkanes of at least 4 members (excludes halogenated alkanes) is 2. The molecule has 5 heteroatoms. The molecule has 1 atom stereocenters. The molecule has 2 amide bonds. The summed E-state index contributed by atoms with van der Waals surface area (Å²) >= 11 is 0. The van der Waals surface area contributed by atoms with Gasteiger partial charge in [0.2, 0.25) is 11.8 Å². The second-order valence-electron chi connectivity index (χ2n) is 3.57. The molecule has 0 aliphatic carbocycles. The predicted molar refractivity (Wildman–Crippen MR) is 53.6 cm³/mol.